The summed E-state index contributed by atoms with van der Waals surface area (Å²) in [5, 5.41) is 0. The topological polar surface area (TPSA) is 80.7 Å². The lowest BCUT2D eigenvalue weighted by atomic mass is 10.4. The lowest BCUT2D eigenvalue weighted by Crippen LogP contribution is -2.21. The largest absolute Gasteiger partial charge is 0.522 e. The van der Waals surface area contributed by atoms with Crippen molar-refractivity contribution < 1.29 is 35.7 Å². The molecule has 1 saturated heterocycles. The van der Waals surface area contributed by atoms with Gasteiger partial charge >= 0.3 is 21.6 Å². The molecule has 15 heavy (non-hydrogen) atoms. The molecule has 0 aromatic rings. The first kappa shape index (κ1) is 17.1. The normalized spacial score (nSPS) is 15.9. The van der Waals surface area contributed by atoms with Gasteiger partial charge in [-0.3, -0.25) is 9.35 Å². The van der Waals surface area contributed by atoms with E-state index in [1.54, 1.807) is 0 Å². The average molecular weight is 266 g/mol. The first-order valence-corrected chi connectivity index (χ1v) is 4.78. The van der Waals surface area contributed by atoms with Gasteiger partial charge in [0.05, 0.1) is 6.61 Å². The Hall–Kier alpha value is -0.298. The summed E-state index contributed by atoms with van der Waals surface area (Å²) in [4.78, 5) is 10.0. The van der Waals surface area contributed by atoms with E-state index in [1.807, 2.05) is 0 Å². The van der Waals surface area contributed by atoms with Crippen LogP contribution in [0.3, 0.4) is 0 Å². The van der Waals surface area contributed by atoms with E-state index in [-0.39, 0.29) is 23.3 Å². The second-order valence-corrected chi connectivity index (χ2v) is 3.66. The molecule has 1 N–H and O–H groups in total. The maximum atomic E-state index is 10.7. The number of carbonyl (C=O) groups excluding carboxylic acids is 1. The number of ether oxygens (including phenoxy) is 1. The predicted octanol–water partition coefficient (Wildman–Crippen LogP) is -0.466. The van der Waals surface area contributed by atoms with E-state index < -0.39 is 15.6 Å². The van der Waals surface area contributed by atoms with E-state index in [2.05, 4.69) is 4.74 Å². The van der Waals surface area contributed by atoms with Crippen LogP contribution in [0.1, 0.15) is 12.8 Å². The van der Waals surface area contributed by atoms with Crippen molar-refractivity contribution in [2.45, 2.75) is 18.3 Å². The first-order chi connectivity index (χ1) is 6.14. The molecule has 0 aromatic heterocycles. The minimum Gasteiger partial charge on any atom is -0.466 e. The molecule has 1 heterocycles. The fourth-order valence-electron chi connectivity index (χ4n) is 0.475. The molecule has 1 aliphatic rings. The molecule has 5 nitrogen and oxygen atoms in total. The second-order valence-electron chi connectivity index (χ2n) is 2.24. The Bertz CT molecular complexity index is 290. The van der Waals surface area contributed by atoms with Crippen molar-refractivity contribution in [1.29, 1.82) is 0 Å². The summed E-state index contributed by atoms with van der Waals surface area (Å²) >= 11 is 0. The van der Waals surface area contributed by atoms with Gasteiger partial charge in [0.15, 0.2) is 17.4 Å². The van der Waals surface area contributed by atoms with Crippen LogP contribution in [0.5, 0.6) is 0 Å². The molecule has 10 heteroatoms. The number of hydrogen-bond donors (Lipinski definition) is 1. The lowest BCUT2D eigenvalue weighted by Gasteiger charge is -1.97. The molecule has 1 rings (SSSR count). The van der Waals surface area contributed by atoms with Gasteiger partial charge in [-0.25, -0.2) is 0 Å². The lowest BCUT2D eigenvalue weighted by molar-refractivity contribution is -0.137. The molecule has 0 radical (unpaired) electrons. The molecule has 0 aromatic carbocycles. The maximum absolute atomic E-state index is 10.7. The molecule has 1 aliphatic heterocycles. The Balaban J connectivity index is 0. The number of hydrogen-bond acceptors (Lipinski definition) is 4. The SMILES string of the molecule is O=C1CCCO1.O=S(=O)(O)C(F)(F)F.[AlH3]. The van der Waals surface area contributed by atoms with Gasteiger partial charge in [-0.1, -0.05) is 0 Å². The Morgan fingerprint density at radius 3 is 1.80 bits per heavy atom. The fraction of sp³-hybridized carbons (Fsp3) is 0.800. The Morgan fingerprint density at radius 2 is 1.73 bits per heavy atom. The molecule has 0 unspecified atom stereocenters. The van der Waals surface area contributed by atoms with E-state index >= 15 is 0 Å². The minimum absolute atomic E-state index is 0. The predicted molar refractivity (Wildman–Crippen MR) is 47.7 cm³/mol. The van der Waals surface area contributed by atoms with Crippen LogP contribution in [0, 0.1) is 0 Å². The molecular weight excluding hydrogens is 256 g/mol. The fourth-order valence-corrected chi connectivity index (χ4v) is 0.475. The zero-order chi connectivity index (χ0) is 11.4. The standard InChI is InChI=1S/C4H6O2.CHF3O3S.Al.3H/c5-4-2-1-3-6-4;2-1(3,4)8(5,6)7;;;;/h1-3H2;(H,5,6,7);;;;. The Kier molecular flexibility index (Phi) is 7.21. The smallest absolute Gasteiger partial charge is 0.466 e. The summed E-state index contributed by atoms with van der Waals surface area (Å²) in [6.45, 7) is 0.638. The third-order valence-corrected chi connectivity index (χ3v) is 1.67. The first-order valence-electron chi connectivity index (χ1n) is 3.34. The van der Waals surface area contributed by atoms with E-state index in [4.69, 9.17) is 13.0 Å². The van der Waals surface area contributed by atoms with Crippen molar-refractivity contribution in [3.8, 4) is 0 Å². The molecule has 0 spiro atoms. The van der Waals surface area contributed by atoms with E-state index in [0.29, 0.717) is 13.0 Å². The molecule has 0 saturated carbocycles. The molecule has 0 bridgehead atoms. The molecule has 90 valence electrons. The number of esters is 1. The summed E-state index contributed by atoms with van der Waals surface area (Å²) in [6, 6.07) is 0. The van der Waals surface area contributed by atoms with Crippen LogP contribution in [0.15, 0.2) is 0 Å². The number of carbonyl (C=O) groups is 1. The molecular formula is C5H10AlF3O5S. The average Bonchev–Trinajstić information content (AvgIpc) is 2.35. The van der Waals surface area contributed by atoms with E-state index in [0.717, 1.165) is 6.42 Å². The molecule has 0 aliphatic carbocycles. The summed E-state index contributed by atoms with van der Waals surface area (Å²) in [5.74, 6) is -0.0463. The van der Waals surface area contributed by atoms with Gasteiger partial charge in [0, 0.05) is 6.42 Å². The van der Waals surface area contributed by atoms with Gasteiger partial charge in [0.1, 0.15) is 0 Å². The maximum Gasteiger partial charge on any atom is 0.522 e. The van der Waals surface area contributed by atoms with Crippen LogP contribution in [0.2, 0.25) is 0 Å². The van der Waals surface area contributed by atoms with Gasteiger partial charge in [-0.05, 0) is 6.42 Å². The van der Waals surface area contributed by atoms with Gasteiger partial charge in [-0.15, -0.1) is 0 Å². The summed E-state index contributed by atoms with van der Waals surface area (Å²) in [6.07, 6.45) is 1.54. The highest BCUT2D eigenvalue weighted by molar-refractivity contribution is 7.86. The van der Waals surface area contributed by atoms with Crippen LogP contribution >= 0.6 is 0 Å². The number of alkyl halides is 3. The minimum atomic E-state index is -5.84. The number of cyclic esters (lactones) is 1. The summed E-state index contributed by atoms with van der Waals surface area (Å²) in [7, 11) is -5.84. The zero-order valence-corrected chi connectivity index (χ0v) is 7.56. The van der Waals surface area contributed by atoms with Crippen LogP contribution in [-0.4, -0.2) is 48.4 Å². The molecule has 0 amide bonds. The Labute approximate surface area is 94.5 Å². The van der Waals surface area contributed by atoms with Crippen molar-refractivity contribution in [1.82, 2.24) is 0 Å². The summed E-state index contributed by atoms with van der Waals surface area (Å²) < 4.78 is 62.1. The molecule has 0 atom stereocenters. The van der Waals surface area contributed by atoms with Crippen LogP contribution in [0.4, 0.5) is 13.2 Å². The second kappa shape index (κ2) is 6.32. The monoisotopic (exact) mass is 266 g/mol. The Morgan fingerprint density at radius 1 is 1.33 bits per heavy atom. The highest BCUT2D eigenvalue weighted by Crippen LogP contribution is 2.20. The summed E-state index contributed by atoms with van der Waals surface area (Å²) in [5.41, 5.74) is -5.53. The third kappa shape index (κ3) is 7.61. The van der Waals surface area contributed by atoms with Crippen molar-refractivity contribution in [2.75, 3.05) is 6.61 Å². The van der Waals surface area contributed by atoms with Crippen molar-refractivity contribution in [3.05, 3.63) is 0 Å². The third-order valence-electron chi connectivity index (χ3n) is 1.08. The van der Waals surface area contributed by atoms with E-state index in [9.17, 15) is 18.0 Å². The van der Waals surface area contributed by atoms with Crippen molar-refractivity contribution >= 4 is 33.4 Å². The van der Waals surface area contributed by atoms with Gasteiger partial charge in [-0.2, -0.15) is 21.6 Å². The van der Waals surface area contributed by atoms with Crippen LogP contribution in [0.25, 0.3) is 0 Å². The van der Waals surface area contributed by atoms with Crippen LogP contribution < -0.4 is 0 Å². The van der Waals surface area contributed by atoms with Gasteiger partial charge in [0.2, 0.25) is 0 Å². The van der Waals surface area contributed by atoms with Gasteiger partial charge < -0.3 is 4.74 Å². The highest BCUT2D eigenvalue weighted by atomic mass is 32.2. The number of rotatable bonds is 0. The molecule has 1 fully saturated rings. The zero-order valence-electron chi connectivity index (χ0n) is 6.74. The number of halogens is 3. The highest BCUT2D eigenvalue weighted by Gasteiger charge is 2.44. The quantitative estimate of drug-likeness (QED) is 0.277. The van der Waals surface area contributed by atoms with Gasteiger partial charge in [0.25, 0.3) is 0 Å². The van der Waals surface area contributed by atoms with Crippen LogP contribution in [-0.2, 0) is 19.6 Å². The van der Waals surface area contributed by atoms with E-state index in [1.165, 1.54) is 0 Å². The van der Waals surface area contributed by atoms with Crippen molar-refractivity contribution in [2.24, 2.45) is 0 Å². The van der Waals surface area contributed by atoms with Crippen molar-refractivity contribution in [3.63, 3.8) is 0 Å².